The molecule has 2 aliphatic heterocycles. The molecule has 5 nitrogen and oxygen atoms in total. The molecule has 0 amide bonds. The Labute approximate surface area is 124 Å². The van der Waals surface area contributed by atoms with E-state index in [4.69, 9.17) is 0 Å². The maximum absolute atomic E-state index is 4.57. The molecule has 1 aliphatic carbocycles. The van der Waals surface area contributed by atoms with Crippen LogP contribution in [0.25, 0.3) is 5.52 Å². The molecule has 5 heteroatoms. The summed E-state index contributed by atoms with van der Waals surface area (Å²) in [6.07, 6.45) is 10.0. The number of hydrogen-bond acceptors (Lipinski definition) is 4. The van der Waals surface area contributed by atoms with E-state index in [1.165, 1.54) is 32.4 Å². The Morgan fingerprint density at radius 1 is 1.00 bits per heavy atom. The lowest BCUT2D eigenvalue weighted by atomic mass is 10.0. The summed E-state index contributed by atoms with van der Waals surface area (Å²) in [6, 6.07) is 2.79. The van der Waals surface area contributed by atoms with E-state index in [1.807, 2.05) is 23.1 Å². The van der Waals surface area contributed by atoms with Crippen molar-refractivity contribution in [1.82, 2.24) is 19.5 Å². The van der Waals surface area contributed by atoms with E-state index in [1.54, 1.807) is 0 Å². The molecule has 5 rings (SSSR count). The van der Waals surface area contributed by atoms with Crippen LogP contribution in [0.3, 0.4) is 0 Å². The van der Waals surface area contributed by atoms with Crippen molar-refractivity contribution in [3.63, 3.8) is 0 Å². The Kier molecular flexibility index (Phi) is 2.53. The molecule has 2 saturated heterocycles. The molecular weight excluding hydrogens is 262 g/mol. The van der Waals surface area contributed by atoms with Gasteiger partial charge in [0.2, 0.25) is 0 Å². The minimum absolute atomic E-state index is 0.737. The fraction of sp³-hybridized carbons (Fsp3) is 0.625. The number of likely N-dealkylation sites (tertiary alicyclic amines) is 1. The number of aromatic nitrogens is 3. The molecule has 0 N–H and O–H groups in total. The maximum Gasteiger partial charge on any atom is 0.154 e. The summed E-state index contributed by atoms with van der Waals surface area (Å²) < 4.78 is 1.91. The fourth-order valence-corrected chi connectivity index (χ4v) is 4.52. The van der Waals surface area contributed by atoms with Gasteiger partial charge in [-0.05, 0) is 30.7 Å². The number of nitrogens with zero attached hydrogens (tertiary/aromatic N) is 5. The number of anilines is 1. The van der Waals surface area contributed by atoms with Gasteiger partial charge in [-0.25, -0.2) is 9.50 Å². The normalized spacial score (nSPS) is 30.0. The lowest BCUT2D eigenvalue weighted by Gasteiger charge is -2.45. The van der Waals surface area contributed by atoms with Crippen LogP contribution in [0, 0.1) is 11.8 Å². The monoisotopic (exact) mass is 283 g/mol. The quantitative estimate of drug-likeness (QED) is 0.840. The average molecular weight is 283 g/mol. The van der Waals surface area contributed by atoms with Gasteiger partial charge in [-0.3, -0.25) is 4.90 Å². The lowest BCUT2D eigenvalue weighted by molar-refractivity contribution is 0.190. The van der Waals surface area contributed by atoms with Crippen LogP contribution >= 0.6 is 0 Å². The second-order valence-corrected chi connectivity index (χ2v) is 6.88. The summed E-state index contributed by atoms with van der Waals surface area (Å²) in [5, 5.41) is 4.29. The molecule has 0 bridgehead atoms. The van der Waals surface area contributed by atoms with Crippen LogP contribution in [0.2, 0.25) is 0 Å². The van der Waals surface area contributed by atoms with Gasteiger partial charge in [0.1, 0.15) is 5.52 Å². The lowest BCUT2D eigenvalue weighted by Crippen LogP contribution is -2.59. The zero-order valence-corrected chi connectivity index (χ0v) is 12.2. The highest BCUT2D eigenvalue weighted by Gasteiger charge is 2.42. The second-order valence-electron chi connectivity index (χ2n) is 6.88. The van der Waals surface area contributed by atoms with Crippen LogP contribution in [0.4, 0.5) is 5.82 Å². The maximum atomic E-state index is 4.57. The van der Waals surface area contributed by atoms with Crippen molar-refractivity contribution in [3.05, 3.63) is 24.7 Å². The highest BCUT2D eigenvalue weighted by atomic mass is 15.4. The van der Waals surface area contributed by atoms with E-state index >= 15 is 0 Å². The van der Waals surface area contributed by atoms with Gasteiger partial charge in [0.15, 0.2) is 5.82 Å². The highest BCUT2D eigenvalue weighted by Crippen LogP contribution is 2.39. The molecule has 1 saturated carbocycles. The number of hydrogen-bond donors (Lipinski definition) is 0. The molecule has 2 aromatic rings. The summed E-state index contributed by atoms with van der Waals surface area (Å²) in [7, 11) is 0. The van der Waals surface area contributed by atoms with Gasteiger partial charge in [-0.15, -0.1) is 0 Å². The van der Waals surface area contributed by atoms with E-state index in [-0.39, 0.29) is 0 Å². The number of rotatable bonds is 2. The van der Waals surface area contributed by atoms with Crippen molar-refractivity contribution in [2.45, 2.75) is 25.3 Å². The van der Waals surface area contributed by atoms with E-state index < -0.39 is 0 Å². The van der Waals surface area contributed by atoms with Gasteiger partial charge in [0, 0.05) is 44.6 Å². The smallest absolute Gasteiger partial charge is 0.154 e. The van der Waals surface area contributed by atoms with Crippen LogP contribution in [-0.2, 0) is 0 Å². The Morgan fingerprint density at radius 3 is 2.62 bits per heavy atom. The molecule has 2 atom stereocenters. The minimum atomic E-state index is 0.737. The molecule has 3 aliphatic rings. The first kappa shape index (κ1) is 12.0. The predicted octanol–water partition coefficient (Wildman–Crippen LogP) is 1.65. The molecular formula is C16H21N5. The third-order valence-corrected chi connectivity index (χ3v) is 5.74. The largest absolute Gasteiger partial charge is 0.352 e. The number of fused-ring (bicyclic) bond motifs is 2. The van der Waals surface area contributed by atoms with Crippen molar-refractivity contribution >= 4 is 11.3 Å². The standard InChI is InChI=1S/C16H21N5/c1-2-12-8-19(9-13(12)3-1)14-10-20(11-14)16-15-4-5-18-21(15)7-6-17-16/h4-7,12-14H,1-3,8-11H2. The summed E-state index contributed by atoms with van der Waals surface area (Å²) in [5.74, 6) is 3.08. The van der Waals surface area contributed by atoms with E-state index in [2.05, 4.69) is 25.9 Å². The molecule has 3 fully saturated rings. The third kappa shape index (κ3) is 1.80. The van der Waals surface area contributed by atoms with Crippen molar-refractivity contribution < 1.29 is 0 Å². The summed E-state index contributed by atoms with van der Waals surface area (Å²) >= 11 is 0. The average Bonchev–Trinajstić information content (AvgIpc) is 3.11. The van der Waals surface area contributed by atoms with Gasteiger partial charge in [0.25, 0.3) is 0 Å². The molecule has 2 aromatic heterocycles. The molecule has 4 heterocycles. The van der Waals surface area contributed by atoms with Crippen LogP contribution < -0.4 is 4.90 Å². The van der Waals surface area contributed by atoms with Crippen LogP contribution in [0.15, 0.2) is 24.7 Å². The second kappa shape index (κ2) is 4.44. The molecule has 21 heavy (non-hydrogen) atoms. The Hall–Kier alpha value is -1.62. The Morgan fingerprint density at radius 2 is 1.81 bits per heavy atom. The van der Waals surface area contributed by atoms with Gasteiger partial charge >= 0.3 is 0 Å². The van der Waals surface area contributed by atoms with E-state index in [0.29, 0.717) is 0 Å². The van der Waals surface area contributed by atoms with Crippen LogP contribution in [-0.4, -0.2) is 51.7 Å². The van der Waals surface area contributed by atoms with Crippen molar-refractivity contribution in [1.29, 1.82) is 0 Å². The van der Waals surface area contributed by atoms with Crippen molar-refractivity contribution in [2.75, 3.05) is 31.1 Å². The van der Waals surface area contributed by atoms with Crippen LogP contribution in [0.1, 0.15) is 19.3 Å². The van der Waals surface area contributed by atoms with Gasteiger partial charge in [-0.1, -0.05) is 6.42 Å². The minimum Gasteiger partial charge on any atom is -0.352 e. The molecule has 0 aromatic carbocycles. The first-order valence-electron chi connectivity index (χ1n) is 8.16. The summed E-state index contributed by atoms with van der Waals surface area (Å²) in [4.78, 5) is 9.70. The van der Waals surface area contributed by atoms with Gasteiger partial charge in [-0.2, -0.15) is 5.10 Å². The van der Waals surface area contributed by atoms with Crippen molar-refractivity contribution in [2.24, 2.45) is 11.8 Å². The van der Waals surface area contributed by atoms with Crippen LogP contribution in [0.5, 0.6) is 0 Å². The summed E-state index contributed by atoms with van der Waals surface area (Å²) in [5.41, 5.74) is 1.12. The van der Waals surface area contributed by atoms with Crippen molar-refractivity contribution in [3.8, 4) is 0 Å². The van der Waals surface area contributed by atoms with E-state index in [9.17, 15) is 0 Å². The Balaban J connectivity index is 1.29. The zero-order valence-electron chi connectivity index (χ0n) is 12.2. The predicted molar refractivity (Wildman–Crippen MR) is 81.4 cm³/mol. The molecule has 0 radical (unpaired) electrons. The summed E-state index contributed by atoms with van der Waals surface area (Å²) in [6.45, 7) is 4.93. The first-order valence-corrected chi connectivity index (χ1v) is 8.16. The zero-order chi connectivity index (χ0) is 13.8. The van der Waals surface area contributed by atoms with Gasteiger partial charge in [0.05, 0.1) is 6.20 Å². The molecule has 110 valence electrons. The SMILES string of the molecule is c1cn2nccc2c(N2CC(N3CC4CCCC4C3)C2)n1. The first-order chi connectivity index (χ1) is 10.4. The van der Waals surface area contributed by atoms with E-state index in [0.717, 1.165) is 42.3 Å². The third-order valence-electron chi connectivity index (χ3n) is 5.74. The Bertz CT molecular complexity index is 647. The highest BCUT2D eigenvalue weighted by molar-refractivity contribution is 5.69. The fourth-order valence-electron chi connectivity index (χ4n) is 4.52. The van der Waals surface area contributed by atoms with Gasteiger partial charge < -0.3 is 4.90 Å². The topological polar surface area (TPSA) is 36.7 Å². The molecule has 0 spiro atoms. The molecule has 2 unspecified atom stereocenters.